The average Bonchev–Trinajstić information content (AvgIpc) is 2.46. The van der Waals surface area contributed by atoms with Crippen molar-refractivity contribution in [3.63, 3.8) is 0 Å². The molecular formula is C17H18N2O2. The predicted molar refractivity (Wildman–Crippen MR) is 81.5 cm³/mol. The maximum absolute atomic E-state index is 12.3. The van der Waals surface area contributed by atoms with Crippen LogP contribution >= 0.6 is 0 Å². The lowest BCUT2D eigenvalue weighted by Gasteiger charge is -2.25. The zero-order chi connectivity index (χ0) is 14.8. The van der Waals surface area contributed by atoms with Crippen molar-refractivity contribution >= 4 is 5.91 Å². The molecule has 0 fully saturated rings. The number of carbonyl (C=O) groups excluding carboxylic acids is 1. The third-order valence-electron chi connectivity index (χ3n) is 3.92. The Balaban J connectivity index is 1.73. The smallest absolute Gasteiger partial charge is 0.251 e. The average molecular weight is 282 g/mol. The molecule has 1 atom stereocenters. The van der Waals surface area contributed by atoms with Gasteiger partial charge in [0.05, 0.1) is 0 Å². The first kappa shape index (κ1) is 13.6. The first-order chi connectivity index (χ1) is 10.1. The van der Waals surface area contributed by atoms with Gasteiger partial charge in [0.1, 0.15) is 0 Å². The second-order valence-electron chi connectivity index (χ2n) is 5.60. The summed E-state index contributed by atoms with van der Waals surface area (Å²) in [4.78, 5) is 26.3. The summed E-state index contributed by atoms with van der Waals surface area (Å²) in [5.74, 6) is -0.173. The molecule has 4 nitrogen and oxygen atoms in total. The number of rotatable bonds is 2. The van der Waals surface area contributed by atoms with Crippen molar-refractivity contribution in [2.24, 2.45) is 0 Å². The number of hydrogen-bond donors (Lipinski definition) is 2. The summed E-state index contributed by atoms with van der Waals surface area (Å²) in [5, 5.41) is 3.04. The van der Waals surface area contributed by atoms with Crippen molar-refractivity contribution in [2.75, 3.05) is 0 Å². The number of aromatic amines is 1. The summed E-state index contributed by atoms with van der Waals surface area (Å²) in [6.07, 6.45) is 2.77. The Morgan fingerprint density at radius 2 is 2.00 bits per heavy atom. The molecule has 21 heavy (non-hydrogen) atoms. The Kier molecular flexibility index (Phi) is 3.60. The predicted octanol–water partition coefficient (Wildman–Crippen LogP) is 1.97. The zero-order valence-electron chi connectivity index (χ0n) is 12.0. The second kappa shape index (κ2) is 5.56. The molecule has 1 amide bonds. The van der Waals surface area contributed by atoms with Gasteiger partial charge in [-0.05, 0) is 43.4 Å². The summed E-state index contributed by atoms with van der Waals surface area (Å²) in [7, 11) is 0. The maximum atomic E-state index is 12.3. The van der Waals surface area contributed by atoms with E-state index in [2.05, 4.69) is 28.5 Å². The molecule has 2 N–H and O–H groups in total. The van der Waals surface area contributed by atoms with E-state index >= 15 is 0 Å². The fourth-order valence-electron chi connectivity index (χ4n) is 2.90. The van der Waals surface area contributed by atoms with E-state index in [0.29, 0.717) is 11.3 Å². The molecule has 0 aliphatic heterocycles. The number of benzene rings is 1. The van der Waals surface area contributed by atoms with Crippen molar-refractivity contribution < 1.29 is 4.79 Å². The quantitative estimate of drug-likeness (QED) is 0.884. The molecule has 1 aromatic heterocycles. The van der Waals surface area contributed by atoms with Crippen LogP contribution in [0, 0.1) is 6.92 Å². The molecule has 1 aliphatic rings. The molecule has 4 heteroatoms. The molecule has 1 aromatic carbocycles. The standard InChI is InChI=1S/C17H18N2O2/c1-11-8-14(10-16(20)18-11)17(21)19-15-7-6-12-4-2-3-5-13(12)9-15/h2-5,8,10,15H,6-7,9H2,1H3,(H,18,20)(H,19,21)/t15-/m0/s1. The summed E-state index contributed by atoms with van der Waals surface area (Å²) in [6, 6.07) is 11.5. The van der Waals surface area contributed by atoms with E-state index in [1.807, 2.05) is 6.07 Å². The topological polar surface area (TPSA) is 62.0 Å². The Morgan fingerprint density at radius 1 is 1.24 bits per heavy atom. The first-order valence-corrected chi connectivity index (χ1v) is 7.20. The van der Waals surface area contributed by atoms with Gasteiger partial charge in [0.15, 0.2) is 0 Å². The Bertz CT molecular complexity index is 734. The fraction of sp³-hybridized carbons (Fsp3) is 0.294. The highest BCUT2D eigenvalue weighted by Crippen LogP contribution is 2.21. The van der Waals surface area contributed by atoms with Crippen LogP contribution in [-0.4, -0.2) is 16.9 Å². The lowest BCUT2D eigenvalue weighted by Crippen LogP contribution is -2.39. The molecule has 0 saturated carbocycles. The minimum atomic E-state index is -0.242. The normalized spacial score (nSPS) is 17.1. The molecule has 2 aromatic rings. The van der Waals surface area contributed by atoms with Gasteiger partial charge in [-0.3, -0.25) is 9.59 Å². The van der Waals surface area contributed by atoms with E-state index in [-0.39, 0.29) is 17.5 Å². The van der Waals surface area contributed by atoms with Crippen LogP contribution in [0.2, 0.25) is 0 Å². The zero-order valence-corrected chi connectivity index (χ0v) is 12.0. The van der Waals surface area contributed by atoms with Crippen molar-refractivity contribution in [2.45, 2.75) is 32.2 Å². The number of fused-ring (bicyclic) bond motifs is 1. The summed E-state index contributed by atoms with van der Waals surface area (Å²) in [5.41, 5.74) is 3.55. The fourth-order valence-corrected chi connectivity index (χ4v) is 2.90. The Labute approximate surface area is 123 Å². The van der Waals surface area contributed by atoms with E-state index in [1.54, 1.807) is 13.0 Å². The van der Waals surface area contributed by atoms with Gasteiger partial charge in [-0.25, -0.2) is 0 Å². The van der Waals surface area contributed by atoms with E-state index in [0.717, 1.165) is 19.3 Å². The van der Waals surface area contributed by atoms with Crippen molar-refractivity contribution in [1.82, 2.24) is 10.3 Å². The molecule has 0 spiro atoms. The number of aryl methyl sites for hydroxylation is 2. The number of nitrogens with one attached hydrogen (secondary N) is 2. The van der Waals surface area contributed by atoms with Crippen LogP contribution in [0.4, 0.5) is 0 Å². The van der Waals surface area contributed by atoms with E-state index in [9.17, 15) is 9.59 Å². The molecule has 3 rings (SSSR count). The van der Waals surface area contributed by atoms with Gasteiger partial charge in [0.25, 0.3) is 5.91 Å². The van der Waals surface area contributed by atoms with Gasteiger partial charge in [-0.1, -0.05) is 24.3 Å². The molecular weight excluding hydrogens is 264 g/mol. The van der Waals surface area contributed by atoms with Gasteiger partial charge < -0.3 is 10.3 Å². The van der Waals surface area contributed by atoms with Gasteiger partial charge in [0.2, 0.25) is 5.56 Å². The highest BCUT2D eigenvalue weighted by molar-refractivity contribution is 5.94. The number of carbonyl (C=O) groups is 1. The van der Waals surface area contributed by atoms with Crippen LogP contribution < -0.4 is 10.9 Å². The second-order valence-corrected chi connectivity index (χ2v) is 5.60. The molecule has 0 unspecified atom stereocenters. The third-order valence-corrected chi connectivity index (χ3v) is 3.92. The Hall–Kier alpha value is -2.36. The monoisotopic (exact) mass is 282 g/mol. The molecule has 0 saturated heterocycles. The van der Waals surface area contributed by atoms with Gasteiger partial charge in [-0.15, -0.1) is 0 Å². The Morgan fingerprint density at radius 3 is 2.76 bits per heavy atom. The third kappa shape index (κ3) is 3.05. The largest absolute Gasteiger partial charge is 0.349 e. The number of hydrogen-bond acceptors (Lipinski definition) is 2. The van der Waals surface area contributed by atoms with Gasteiger partial charge >= 0.3 is 0 Å². The summed E-state index contributed by atoms with van der Waals surface area (Å²) < 4.78 is 0. The number of H-pyrrole nitrogens is 1. The lowest BCUT2D eigenvalue weighted by molar-refractivity contribution is 0.0933. The number of pyridine rings is 1. The van der Waals surface area contributed by atoms with E-state index in [1.165, 1.54) is 17.2 Å². The lowest BCUT2D eigenvalue weighted by atomic mass is 9.88. The van der Waals surface area contributed by atoms with Crippen LogP contribution in [0.3, 0.4) is 0 Å². The SMILES string of the molecule is Cc1cc(C(=O)N[C@H]2CCc3ccccc3C2)cc(=O)[nH]1. The van der Waals surface area contributed by atoms with Gasteiger partial charge in [-0.2, -0.15) is 0 Å². The minimum Gasteiger partial charge on any atom is -0.349 e. The highest BCUT2D eigenvalue weighted by Gasteiger charge is 2.20. The molecule has 1 aliphatic carbocycles. The first-order valence-electron chi connectivity index (χ1n) is 7.20. The van der Waals surface area contributed by atoms with Gasteiger partial charge in [0, 0.05) is 23.4 Å². The highest BCUT2D eigenvalue weighted by atomic mass is 16.2. The molecule has 108 valence electrons. The number of amides is 1. The van der Waals surface area contributed by atoms with E-state index < -0.39 is 0 Å². The molecule has 0 radical (unpaired) electrons. The summed E-state index contributed by atoms with van der Waals surface area (Å²) >= 11 is 0. The van der Waals surface area contributed by atoms with Crippen LogP contribution in [0.1, 0.15) is 33.6 Å². The number of aromatic nitrogens is 1. The van der Waals surface area contributed by atoms with Crippen molar-refractivity contribution in [3.8, 4) is 0 Å². The van der Waals surface area contributed by atoms with Crippen molar-refractivity contribution in [1.29, 1.82) is 0 Å². The molecule has 0 bridgehead atoms. The van der Waals surface area contributed by atoms with Crippen LogP contribution in [0.15, 0.2) is 41.2 Å². The summed E-state index contributed by atoms with van der Waals surface area (Å²) in [6.45, 7) is 1.77. The van der Waals surface area contributed by atoms with Crippen LogP contribution in [0.25, 0.3) is 0 Å². The van der Waals surface area contributed by atoms with Crippen LogP contribution in [0.5, 0.6) is 0 Å². The maximum Gasteiger partial charge on any atom is 0.251 e. The molecule has 1 heterocycles. The van der Waals surface area contributed by atoms with E-state index in [4.69, 9.17) is 0 Å². The minimum absolute atomic E-state index is 0.131. The van der Waals surface area contributed by atoms with Crippen LogP contribution in [-0.2, 0) is 12.8 Å². The van der Waals surface area contributed by atoms with Crippen molar-refractivity contribution in [3.05, 3.63) is 69.1 Å².